The van der Waals surface area contributed by atoms with Gasteiger partial charge in [-0.1, -0.05) is 11.2 Å². The van der Waals surface area contributed by atoms with Gasteiger partial charge in [-0.25, -0.2) is 4.79 Å². The second-order valence-electron chi connectivity index (χ2n) is 7.09. The maximum absolute atomic E-state index is 12.3. The van der Waals surface area contributed by atoms with E-state index in [0.29, 0.717) is 37.9 Å². The van der Waals surface area contributed by atoms with Crippen molar-refractivity contribution in [3.8, 4) is 0 Å². The summed E-state index contributed by atoms with van der Waals surface area (Å²) in [5, 5.41) is 19.3. The van der Waals surface area contributed by atoms with E-state index in [0.717, 1.165) is 36.4 Å². The molecule has 2 aliphatic rings. The van der Waals surface area contributed by atoms with Gasteiger partial charge in [0.2, 0.25) is 5.89 Å². The summed E-state index contributed by atoms with van der Waals surface area (Å²) in [5.41, 5.74) is 0. The number of carbonyl (C=O) groups is 1. The minimum Gasteiger partial charge on any atom is -0.387 e. The summed E-state index contributed by atoms with van der Waals surface area (Å²) in [5.74, 6) is 2.09. The summed E-state index contributed by atoms with van der Waals surface area (Å²) in [7, 11) is 0. The molecule has 1 unspecified atom stereocenters. The first kappa shape index (κ1) is 17.5. The van der Waals surface area contributed by atoms with Crippen LogP contribution in [-0.2, 0) is 6.42 Å². The van der Waals surface area contributed by atoms with Crippen LogP contribution in [0.3, 0.4) is 0 Å². The van der Waals surface area contributed by atoms with E-state index < -0.39 is 6.10 Å². The lowest BCUT2D eigenvalue weighted by Gasteiger charge is -2.34. The van der Waals surface area contributed by atoms with E-state index in [1.165, 1.54) is 0 Å². The standard InChI is InChI=1S/C18H24N4O3S/c23-16(14-2-1-11-26-14)12-6-9-22(10-7-12)18(24)19-8-5-15-20-17(21-25-15)13-3-4-13/h1-2,11-13,16,23H,3-10H2,(H,19,24). The lowest BCUT2D eigenvalue weighted by Crippen LogP contribution is -2.45. The van der Waals surface area contributed by atoms with Gasteiger partial charge in [0, 0.05) is 36.9 Å². The predicted molar refractivity (Wildman–Crippen MR) is 97.0 cm³/mol. The van der Waals surface area contributed by atoms with Crippen LogP contribution in [0.25, 0.3) is 0 Å². The lowest BCUT2D eigenvalue weighted by molar-refractivity contribution is 0.0690. The number of nitrogens with one attached hydrogen (secondary N) is 1. The Morgan fingerprint density at radius 3 is 2.88 bits per heavy atom. The zero-order valence-electron chi connectivity index (χ0n) is 14.6. The normalized spacial score (nSPS) is 19.5. The van der Waals surface area contributed by atoms with Gasteiger partial charge in [0.15, 0.2) is 5.82 Å². The number of nitrogens with zero attached hydrogens (tertiary/aromatic N) is 3. The number of thiophene rings is 1. The van der Waals surface area contributed by atoms with E-state index in [-0.39, 0.29) is 11.9 Å². The summed E-state index contributed by atoms with van der Waals surface area (Å²) in [6, 6.07) is 3.87. The molecular weight excluding hydrogens is 352 g/mol. The van der Waals surface area contributed by atoms with Crippen LogP contribution in [0, 0.1) is 5.92 Å². The van der Waals surface area contributed by atoms with Crippen molar-refractivity contribution in [2.75, 3.05) is 19.6 Å². The van der Waals surface area contributed by atoms with Crippen LogP contribution in [0.4, 0.5) is 4.79 Å². The molecule has 7 nitrogen and oxygen atoms in total. The molecule has 2 aromatic heterocycles. The number of piperidine rings is 1. The van der Waals surface area contributed by atoms with E-state index in [2.05, 4.69) is 15.5 Å². The van der Waals surface area contributed by atoms with E-state index >= 15 is 0 Å². The number of urea groups is 1. The number of hydrogen-bond acceptors (Lipinski definition) is 6. The summed E-state index contributed by atoms with van der Waals surface area (Å²) >= 11 is 1.59. The van der Waals surface area contributed by atoms with Crippen molar-refractivity contribution in [2.24, 2.45) is 5.92 Å². The van der Waals surface area contributed by atoms with Gasteiger partial charge in [-0.05, 0) is 43.0 Å². The zero-order valence-corrected chi connectivity index (χ0v) is 15.5. The van der Waals surface area contributed by atoms with Crippen LogP contribution in [0.5, 0.6) is 0 Å². The van der Waals surface area contributed by atoms with E-state index in [1.807, 2.05) is 22.4 Å². The van der Waals surface area contributed by atoms with Crippen molar-refractivity contribution in [3.63, 3.8) is 0 Å². The van der Waals surface area contributed by atoms with Gasteiger partial charge in [-0.15, -0.1) is 11.3 Å². The van der Waals surface area contributed by atoms with Gasteiger partial charge in [-0.2, -0.15) is 4.98 Å². The molecule has 26 heavy (non-hydrogen) atoms. The summed E-state index contributed by atoms with van der Waals surface area (Å²) in [6.45, 7) is 1.83. The highest BCUT2D eigenvalue weighted by atomic mass is 32.1. The minimum absolute atomic E-state index is 0.0593. The van der Waals surface area contributed by atoms with Crippen molar-refractivity contribution < 1.29 is 14.4 Å². The Labute approximate surface area is 156 Å². The van der Waals surface area contributed by atoms with Gasteiger partial charge in [0.1, 0.15) is 0 Å². The third-order valence-electron chi connectivity index (χ3n) is 5.15. The number of aliphatic hydroxyl groups excluding tert-OH is 1. The Morgan fingerprint density at radius 1 is 1.38 bits per heavy atom. The number of rotatable bonds is 6. The van der Waals surface area contributed by atoms with Gasteiger partial charge < -0.3 is 19.8 Å². The number of carbonyl (C=O) groups excluding carboxylic acids is 1. The van der Waals surface area contributed by atoms with Crippen molar-refractivity contribution >= 4 is 17.4 Å². The number of amides is 2. The van der Waals surface area contributed by atoms with Gasteiger partial charge in [0.25, 0.3) is 0 Å². The summed E-state index contributed by atoms with van der Waals surface area (Å²) < 4.78 is 5.22. The molecule has 2 N–H and O–H groups in total. The highest BCUT2D eigenvalue weighted by molar-refractivity contribution is 7.10. The molecule has 2 aromatic rings. The fraction of sp³-hybridized carbons (Fsp3) is 0.611. The van der Waals surface area contributed by atoms with Crippen LogP contribution in [0.1, 0.15) is 54.3 Å². The van der Waals surface area contributed by atoms with Crippen molar-refractivity contribution in [1.82, 2.24) is 20.4 Å². The molecular formula is C18H24N4O3S. The van der Waals surface area contributed by atoms with Crippen molar-refractivity contribution in [2.45, 2.75) is 44.1 Å². The third-order valence-corrected chi connectivity index (χ3v) is 6.09. The fourth-order valence-electron chi connectivity index (χ4n) is 3.38. The molecule has 0 radical (unpaired) electrons. The SMILES string of the molecule is O=C(NCCc1nc(C2CC2)no1)N1CCC(C(O)c2cccs2)CC1. The quantitative estimate of drug-likeness (QED) is 0.809. The van der Waals surface area contributed by atoms with Gasteiger partial charge in [-0.3, -0.25) is 0 Å². The lowest BCUT2D eigenvalue weighted by atomic mass is 9.90. The highest BCUT2D eigenvalue weighted by Crippen LogP contribution is 2.38. The van der Waals surface area contributed by atoms with E-state index in [4.69, 9.17) is 4.52 Å². The molecule has 0 aromatic carbocycles. The monoisotopic (exact) mass is 376 g/mol. The van der Waals surface area contributed by atoms with E-state index in [9.17, 15) is 9.90 Å². The summed E-state index contributed by atoms with van der Waals surface area (Å²) in [6.07, 6.45) is 4.07. The molecule has 1 atom stereocenters. The molecule has 0 spiro atoms. The summed E-state index contributed by atoms with van der Waals surface area (Å²) in [4.78, 5) is 19.5. The first-order valence-corrected chi connectivity index (χ1v) is 10.2. The van der Waals surface area contributed by atoms with Gasteiger partial charge >= 0.3 is 6.03 Å². The number of aromatic nitrogens is 2. The Balaban J connectivity index is 1.18. The molecule has 3 heterocycles. The Bertz CT molecular complexity index is 721. The van der Waals surface area contributed by atoms with Crippen LogP contribution in [0.15, 0.2) is 22.0 Å². The van der Waals surface area contributed by atoms with Crippen molar-refractivity contribution in [3.05, 3.63) is 34.1 Å². The molecule has 140 valence electrons. The molecule has 1 aliphatic carbocycles. The molecule has 1 aliphatic heterocycles. The first-order valence-electron chi connectivity index (χ1n) is 9.27. The van der Waals surface area contributed by atoms with Crippen LogP contribution in [0.2, 0.25) is 0 Å². The number of hydrogen-bond donors (Lipinski definition) is 2. The molecule has 2 amide bonds. The average molecular weight is 376 g/mol. The smallest absolute Gasteiger partial charge is 0.317 e. The maximum Gasteiger partial charge on any atom is 0.317 e. The van der Waals surface area contributed by atoms with Gasteiger partial charge in [0.05, 0.1) is 6.10 Å². The molecule has 0 bridgehead atoms. The number of likely N-dealkylation sites (tertiary alicyclic amines) is 1. The second-order valence-corrected chi connectivity index (χ2v) is 8.07. The molecule has 4 rings (SSSR count). The topological polar surface area (TPSA) is 91.5 Å². The molecule has 1 saturated heterocycles. The van der Waals surface area contributed by atoms with Crippen molar-refractivity contribution in [1.29, 1.82) is 0 Å². The Hall–Kier alpha value is -1.93. The molecule has 1 saturated carbocycles. The largest absolute Gasteiger partial charge is 0.387 e. The molecule has 2 fully saturated rings. The van der Waals surface area contributed by atoms with Crippen LogP contribution >= 0.6 is 11.3 Å². The predicted octanol–water partition coefficient (Wildman–Crippen LogP) is 2.71. The van der Waals surface area contributed by atoms with Crippen LogP contribution < -0.4 is 5.32 Å². The Morgan fingerprint density at radius 2 is 2.19 bits per heavy atom. The third kappa shape index (κ3) is 4.07. The fourth-order valence-corrected chi connectivity index (χ4v) is 4.18. The second kappa shape index (κ2) is 7.75. The first-order chi connectivity index (χ1) is 12.7. The Kier molecular flexibility index (Phi) is 5.21. The highest BCUT2D eigenvalue weighted by Gasteiger charge is 2.30. The number of aliphatic hydroxyl groups is 1. The average Bonchev–Trinajstić information content (AvgIpc) is 3.18. The van der Waals surface area contributed by atoms with Crippen LogP contribution in [-0.4, -0.2) is 45.8 Å². The maximum atomic E-state index is 12.3. The zero-order chi connectivity index (χ0) is 17.9. The molecule has 8 heteroatoms. The van der Waals surface area contributed by atoms with E-state index in [1.54, 1.807) is 11.3 Å². The minimum atomic E-state index is -0.418.